The summed E-state index contributed by atoms with van der Waals surface area (Å²) >= 11 is 0. The van der Waals surface area contributed by atoms with E-state index in [4.69, 9.17) is 4.74 Å². The normalized spacial score (nSPS) is 12.0. The Morgan fingerprint density at radius 1 is 1.04 bits per heavy atom. The molecule has 0 aliphatic rings. The van der Waals surface area contributed by atoms with Crippen molar-refractivity contribution in [3.05, 3.63) is 58.4 Å². The number of rotatable bonds is 4. The molecule has 0 aliphatic heterocycles. The van der Waals surface area contributed by atoms with E-state index >= 15 is 0 Å². The number of hydrogen-bond acceptors (Lipinski definition) is 5. The lowest BCUT2D eigenvalue weighted by Crippen LogP contribution is -2.23. The van der Waals surface area contributed by atoms with Crippen molar-refractivity contribution in [1.29, 1.82) is 0 Å². The summed E-state index contributed by atoms with van der Waals surface area (Å²) in [6.07, 6.45) is 0. The topological polar surface area (TPSA) is 86.5 Å². The molecule has 0 fully saturated rings. The van der Waals surface area contributed by atoms with Gasteiger partial charge in [0.05, 0.1) is 9.82 Å². The highest BCUT2D eigenvalue weighted by Crippen LogP contribution is 2.37. The first-order chi connectivity index (χ1) is 11.0. The predicted octanol–water partition coefficient (Wildman–Crippen LogP) is 3.82. The molecule has 24 heavy (non-hydrogen) atoms. The van der Waals surface area contributed by atoms with Gasteiger partial charge in [-0.2, -0.15) is 13.2 Å². The summed E-state index contributed by atoms with van der Waals surface area (Å²) < 4.78 is 78.0. The molecule has 0 amide bonds. The minimum atomic E-state index is -5.74. The van der Waals surface area contributed by atoms with E-state index in [-0.39, 0.29) is 11.8 Å². The third-order valence-corrected chi connectivity index (χ3v) is 4.27. The Bertz CT molecular complexity index is 878. The van der Waals surface area contributed by atoms with Crippen LogP contribution in [0, 0.1) is 15.9 Å². The number of sulfone groups is 1. The minimum Gasteiger partial charge on any atom is -0.450 e. The molecule has 0 unspecified atom stereocenters. The van der Waals surface area contributed by atoms with Crippen LogP contribution in [0.1, 0.15) is 0 Å². The highest BCUT2D eigenvalue weighted by atomic mass is 32.2. The lowest BCUT2D eigenvalue weighted by Gasteiger charge is -2.10. The molecule has 2 aromatic carbocycles. The van der Waals surface area contributed by atoms with Crippen molar-refractivity contribution in [3.63, 3.8) is 0 Å². The van der Waals surface area contributed by atoms with Crippen molar-refractivity contribution < 1.29 is 35.6 Å². The van der Waals surface area contributed by atoms with E-state index < -0.39 is 42.4 Å². The lowest BCUT2D eigenvalue weighted by molar-refractivity contribution is -0.385. The zero-order chi connectivity index (χ0) is 18.1. The maximum absolute atomic E-state index is 12.8. The van der Waals surface area contributed by atoms with Gasteiger partial charge in [0.1, 0.15) is 11.6 Å². The smallest absolute Gasteiger partial charge is 0.450 e. The van der Waals surface area contributed by atoms with Crippen molar-refractivity contribution in [2.75, 3.05) is 0 Å². The van der Waals surface area contributed by atoms with Gasteiger partial charge in [-0.1, -0.05) is 0 Å². The summed E-state index contributed by atoms with van der Waals surface area (Å²) in [6.45, 7) is 0. The van der Waals surface area contributed by atoms with Crippen LogP contribution in [0.5, 0.6) is 11.5 Å². The van der Waals surface area contributed by atoms with Crippen molar-refractivity contribution in [3.8, 4) is 11.5 Å². The molecule has 0 heterocycles. The predicted molar refractivity (Wildman–Crippen MR) is 72.8 cm³/mol. The fraction of sp³-hybridized carbons (Fsp3) is 0.0769. The van der Waals surface area contributed by atoms with E-state index in [0.29, 0.717) is 6.07 Å². The molecule has 11 heteroatoms. The monoisotopic (exact) mass is 365 g/mol. The van der Waals surface area contributed by atoms with E-state index in [1.54, 1.807) is 0 Å². The van der Waals surface area contributed by atoms with Crippen LogP contribution in [0.2, 0.25) is 0 Å². The van der Waals surface area contributed by atoms with E-state index in [0.717, 1.165) is 30.3 Å². The van der Waals surface area contributed by atoms with Crippen LogP contribution in [0.25, 0.3) is 0 Å². The van der Waals surface area contributed by atoms with Gasteiger partial charge >= 0.3 is 11.2 Å². The van der Waals surface area contributed by atoms with Gasteiger partial charge in [-0.15, -0.1) is 0 Å². The van der Waals surface area contributed by atoms with Crippen LogP contribution < -0.4 is 4.74 Å². The van der Waals surface area contributed by atoms with Crippen molar-refractivity contribution >= 4 is 15.5 Å². The van der Waals surface area contributed by atoms with Gasteiger partial charge in [0, 0.05) is 6.07 Å². The second kappa shape index (κ2) is 6.07. The fourth-order valence-corrected chi connectivity index (χ4v) is 2.44. The van der Waals surface area contributed by atoms with Crippen LogP contribution in [0.3, 0.4) is 0 Å². The van der Waals surface area contributed by atoms with Gasteiger partial charge in [-0.05, 0) is 36.4 Å². The molecule has 0 aromatic heterocycles. The van der Waals surface area contributed by atoms with Gasteiger partial charge in [0.15, 0.2) is 0 Å². The number of benzene rings is 2. The Morgan fingerprint density at radius 3 is 2.12 bits per heavy atom. The molecule has 0 bridgehead atoms. The van der Waals surface area contributed by atoms with Gasteiger partial charge in [0.25, 0.3) is 9.84 Å². The molecule has 0 radical (unpaired) electrons. The molecule has 2 rings (SSSR count). The standard InChI is InChI=1S/C13H7F4NO5S/c14-8-1-3-9(4-2-8)23-12-6-5-10(7-11(12)18(19)20)24(21,22)13(15,16)17/h1-7H. The highest BCUT2D eigenvalue weighted by Gasteiger charge is 2.47. The molecule has 0 aliphatic carbocycles. The fourth-order valence-electron chi connectivity index (χ4n) is 1.66. The molecule has 0 saturated heterocycles. The highest BCUT2D eigenvalue weighted by molar-refractivity contribution is 7.92. The van der Waals surface area contributed by atoms with Crippen LogP contribution in [-0.4, -0.2) is 18.8 Å². The summed E-state index contributed by atoms with van der Waals surface area (Å²) in [5, 5.41) is 11.0. The number of ether oxygens (including phenoxy) is 1. The van der Waals surface area contributed by atoms with Crippen LogP contribution in [0.4, 0.5) is 23.2 Å². The molecule has 6 nitrogen and oxygen atoms in total. The van der Waals surface area contributed by atoms with Crippen molar-refractivity contribution in [1.82, 2.24) is 0 Å². The van der Waals surface area contributed by atoms with Gasteiger partial charge in [-0.25, -0.2) is 12.8 Å². The summed E-state index contributed by atoms with van der Waals surface area (Å²) in [7, 11) is -5.74. The second-order valence-corrected chi connectivity index (χ2v) is 6.33. The third kappa shape index (κ3) is 3.45. The number of hydrogen-bond donors (Lipinski definition) is 0. The largest absolute Gasteiger partial charge is 0.501 e. The second-order valence-electron chi connectivity index (χ2n) is 4.39. The first-order valence-electron chi connectivity index (χ1n) is 6.05. The van der Waals surface area contributed by atoms with E-state index in [2.05, 4.69) is 0 Å². The molecule has 2 aromatic rings. The Balaban J connectivity index is 2.48. The summed E-state index contributed by atoms with van der Waals surface area (Å²) in [6, 6.07) is 5.79. The molecule has 0 N–H and O–H groups in total. The molecular weight excluding hydrogens is 358 g/mol. The third-order valence-electron chi connectivity index (χ3n) is 2.78. The van der Waals surface area contributed by atoms with Crippen LogP contribution in [0.15, 0.2) is 47.4 Å². The zero-order valence-electron chi connectivity index (χ0n) is 11.5. The average molecular weight is 365 g/mol. The average Bonchev–Trinajstić information content (AvgIpc) is 2.48. The number of nitrogens with zero attached hydrogens (tertiary/aromatic N) is 1. The number of nitro groups is 1. The van der Waals surface area contributed by atoms with Crippen LogP contribution >= 0.6 is 0 Å². The minimum absolute atomic E-state index is 0.0223. The Morgan fingerprint density at radius 2 is 1.62 bits per heavy atom. The summed E-state index contributed by atoms with van der Waals surface area (Å²) in [5.41, 5.74) is -6.58. The van der Waals surface area contributed by atoms with E-state index in [1.807, 2.05) is 0 Å². The van der Waals surface area contributed by atoms with Gasteiger partial charge in [-0.3, -0.25) is 10.1 Å². The Kier molecular flexibility index (Phi) is 4.47. The lowest BCUT2D eigenvalue weighted by atomic mass is 10.3. The maximum Gasteiger partial charge on any atom is 0.501 e. The molecule has 0 saturated carbocycles. The number of alkyl halides is 3. The summed E-state index contributed by atoms with van der Waals surface area (Å²) in [4.78, 5) is 8.61. The number of halogens is 4. The summed E-state index contributed by atoms with van der Waals surface area (Å²) in [5.74, 6) is -1.11. The SMILES string of the molecule is O=[N+]([O-])c1cc(S(=O)(=O)C(F)(F)F)ccc1Oc1ccc(F)cc1. The zero-order valence-corrected chi connectivity index (χ0v) is 12.3. The number of nitro benzene ring substituents is 1. The van der Waals surface area contributed by atoms with Crippen molar-refractivity contribution in [2.45, 2.75) is 10.4 Å². The van der Waals surface area contributed by atoms with Gasteiger partial charge in [0.2, 0.25) is 5.75 Å². The van der Waals surface area contributed by atoms with Gasteiger partial charge < -0.3 is 4.74 Å². The molecular formula is C13H7F4NO5S. The first kappa shape index (κ1) is 17.7. The Labute approximate surface area is 132 Å². The maximum atomic E-state index is 12.8. The molecule has 128 valence electrons. The molecule has 0 atom stereocenters. The first-order valence-corrected chi connectivity index (χ1v) is 7.54. The van der Waals surface area contributed by atoms with E-state index in [9.17, 15) is 36.1 Å². The quantitative estimate of drug-likeness (QED) is 0.467. The van der Waals surface area contributed by atoms with Crippen LogP contribution in [-0.2, 0) is 9.84 Å². The Hall–Kier alpha value is -2.69. The molecule has 0 spiro atoms. The van der Waals surface area contributed by atoms with E-state index in [1.165, 1.54) is 0 Å². The van der Waals surface area contributed by atoms with Crippen molar-refractivity contribution in [2.24, 2.45) is 0 Å².